The van der Waals surface area contributed by atoms with Crippen LogP contribution in [0.5, 0.6) is 0 Å². The standard InChI is InChI=1S/C16H14ClN5O/c17-13-8-6-12(7-9-13)10-16(23)18-11-15-19-20-21-22(15)14-4-2-1-3-5-14/h1-9H,10-11H2,(H,18,23). The Morgan fingerprint density at radius 2 is 1.83 bits per heavy atom. The monoisotopic (exact) mass is 327 g/mol. The molecule has 1 amide bonds. The van der Waals surface area contributed by atoms with E-state index >= 15 is 0 Å². The van der Waals surface area contributed by atoms with Gasteiger partial charge in [0.1, 0.15) is 0 Å². The number of benzene rings is 2. The maximum atomic E-state index is 12.0. The minimum Gasteiger partial charge on any atom is -0.348 e. The Morgan fingerprint density at radius 3 is 2.57 bits per heavy atom. The van der Waals surface area contributed by atoms with E-state index in [0.717, 1.165) is 11.3 Å². The second-order valence-electron chi connectivity index (χ2n) is 4.92. The van der Waals surface area contributed by atoms with Crippen molar-refractivity contribution in [2.24, 2.45) is 0 Å². The average Bonchev–Trinajstić information content (AvgIpc) is 3.04. The molecule has 0 unspecified atom stereocenters. The van der Waals surface area contributed by atoms with Gasteiger partial charge in [-0.15, -0.1) is 5.10 Å². The molecule has 0 radical (unpaired) electrons. The first-order valence-electron chi connectivity index (χ1n) is 7.06. The molecule has 3 aromatic rings. The van der Waals surface area contributed by atoms with E-state index < -0.39 is 0 Å². The van der Waals surface area contributed by atoms with E-state index in [1.807, 2.05) is 42.5 Å². The predicted octanol–water partition coefficient (Wildman–Crippen LogP) is 2.17. The van der Waals surface area contributed by atoms with Crippen molar-refractivity contribution in [2.75, 3.05) is 0 Å². The van der Waals surface area contributed by atoms with Gasteiger partial charge in [-0.1, -0.05) is 41.9 Å². The first kappa shape index (κ1) is 15.2. The molecule has 0 spiro atoms. The van der Waals surface area contributed by atoms with Gasteiger partial charge < -0.3 is 5.32 Å². The number of hydrogen-bond acceptors (Lipinski definition) is 4. The number of carbonyl (C=O) groups excluding carboxylic acids is 1. The van der Waals surface area contributed by atoms with Crippen molar-refractivity contribution in [3.05, 3.63) is 71.0 Å². The van der Waals surface area contributed by atoms with Gasteiger partial charge in [0.15, 0.2) is 5.82 Å². The summed E-state index contributed by atoms with van der Waals surface area (Å²) in [6.45, 7) is 0.258. The normalized spacial score (nSPS) is 10.5. The van der Waals surface area contributed by atoms with Crippen molar-refractivity contribution in [3.8, 4) is 5.69 Å². The third-order valence-electron chi connectivity index (χ3n) is 3.26. The lowest BCUT2D eigenvalue weighted by Crippen LogP contribution is -2.26. The first-order valence-corrected chi connectivity index (χ1v) is 7.44. The molecule has 0 aliphatic carbocycles. The predicted molar refractivity (Wildman–Crippen MR) is 86.2 cm³/mol. The Labute approximate surface area is 138 Å². The van der Waals surface area contributed by atoms with Gasteiger partial charge in [0, 0.05) is 5.02 Å². The van der Waals surface area contributed by atoms with E-state index in [-0.39, 0.29) is 18.9 Å². The second-order valence-corrected chi connectivity index (χ2v) is 5.36. The smallest absolute Gasteiger partial charge is 0.224 e. The van der Waals surface area contributed by atoms with Gasteiger partial charge in [0.2, 0.25) is 5.91 Å². The fourth-order valence-electron chi connectivity index (χ4n) is 2.11. The molecule has 23 heavy (non-hydrogen) atoms. The van der Waals surface area contributed by atoms with Crippen LogP contribution < -0.4 is 5.32 Å². The van der Waals surface area contributed by atoms with Crippen molar-refractivity contribution in [1.82, 2.24) is 25.5 Å². The zero-order chi connectivity index (χ0) is 16.1. The van der Waals surface area contributed by atoms with Gasteiger partial charge in [-0.2, -0.15) is 4.68 Å². The SMILES string of the molecule is O=C(Cc1ccc(Cl)cc1)NCc1nnnn1-c1ccccc1. The van der Waals surface area contributed by atoms with Crippen molar-refractivity contribution in [3.63, 3.8) is 0 Å². The Balaban J connectivity index is 1.62. The Morgan fingerprint density at radius 1 is 1.09 bits per heavy atom. The van der Waals surface area contributed by atoms with Crippen molar-refractivity contribution >= 4 is 17.5 Å². The van der Waals surface area contributed by atoms with Crippen LogP contribution in [-0.2, 0) is 17.8 Å². The number of nitrogens with zero attached hydrogens (tertiary/aromatic N) is 4. The van der Waals surface area contributed by atoms with E-state index in [9.17, 15) is 4.79 Å². The third-order valence-corrected chi connectivity index (χ3v) is 3.51. The number of rotatable bonds is 5. The molecule has 116 valence electrons. The molecule has 0 atom stereocenters. The van der Waals surface area contributed by atoms with Crippen LogP contribution in [0.15, 0.2) is 54.6 Å². The van der Waals surface area contributed by atoms with Gasteiger partial charge in [-0.05, 0) is 40.3 Å². The molecule has 0 aliphatic heterocycles. The fraction of sp³-hybridized carbons (Fsp3) is 0.125. The average molecular weight is 328 g/mol. The Hall–Kier alpha value is -2.73. The number of amides is 1. The number of nitrogens with one attached hydrogen (secondary N) is 1. The van der Waals surface area contributed by atoms with Gasteiger partial charge in [-0.25, -0.2) is 0 Å². The Bertz CT molecular complexity index is 786. The number of para-hydroxylation sites is 1. The summed E-state index contributed by atoms with van der Waals surface area (Å²) in [5, 5.41) is 15.0. The van der Waals surface area contributed by atoms with Gasteiger partial charge >= 0.3 is 0 Å². The van der Waals surface area contributed by atoms with Gasteiger partial charge in [-0.3, -0.25) is 4.79 Å². The fourth-order valence-corrected chi connectivity index (χ4v) is 2.24. The van der Waals surface area contributed by atoms with Gasteiger partial charge in [0.05, 0.1) is 18.7 Å². The summed E-state index contributed by atoms with van der Waals surface area (Å²) < 4.78 is 1.60. The van der Waals surface area contributed by atoms with E-state index in [1.54, 1.807) is 16.8 Å². The molecule has 0 bridgehead atoms. The summed E-state index contributed by atoms with van der Waals surface area (Å²) in [6, 6.07) is 16.7. The number of aromatic nitrogens is 4. The van der Waals surface area contributed by atoms with Crippen LogP contribution in [0.2, 0.25) is 5.02 Å². The molecule has 0 saturated heterocycles. The zero-order valence-corrected chi connectivity index (χ0v) is 12.9. The number of hydrogen-bond donors (Lipinski definition) is 1. The second kappa shape index (κ2) is 7.02. The van der Waals surface area contributed by atoms with Gasteiger partial charge in [0.25, 0.3) is 0 Å². The lowest BCUT2D eigenvalue weighted by molar-refractivity contribution is -0.120. The molecular weight excluding hydrogens is 314 g/mol. The largest absolute Gasteiger partial charge is 0.348 e. The molecule has 1 N–H and O–H groups in total. The maximum Gasteiger partial charge on any atom is 0.224 e. The van der Waals surface area contributed by atoms with Crippen LogP contribution >= 0.6 is 11.6 Å². The zero-order valence-electron chi connectivity index (χ0n) is 12.2. The highest BCUT2D eigenvalue weighted by atomic mass is 35.5. The molecule has 0 fully saturated rings. The highest BCUT2D eigenvalue weighted by Crippen LogP contribution is 2.10. The van der Waals surface area contributed by atoms with Crippen LogP contribution in [0.4, 0.5) is 0 Å². The lowest BCUT2D eigenvalue weighted by Gasteiger charge is -2.06. The van der Waals surface area contributed by atoms with E-state index in [4.69, 9.17) is 11.6 Å². The minimum absolute atomic E-state index is 0.102. The van der Waals surface area contributed by atoms with E-state index in [0.29, 0.717) is 10.8 Å². The number of tetrazole rings is 1. The highest BCUT2D eigenvalue weighted by Gasteiger charge is 2.10. The summed E-state index contributed by atoms with van der Waals surface area (Å²) in [5.74, 6) is 0.468. The molecule has 0 saturated carbocycles. The molecule has 1 aromatic heterocycles. The molecule has 1 heterocycles. The van der Waals surface area contributed by atoms with Crippen molar-refractivity contribution in [2.45, 2.75) is 13.0 Å². The summed E-state index contributed by atoms with van der Waals surface area (Å²) >= 11 is 5.83. The van der Waals surface area contributed by atoms with Crippen molar-refractivity contribution in [1.29, 1.82) is 0 Å². The lowest BCUT2D eigenvalue weighted by atomic mass is 10.1. The van der Waals surface area contributed by atoms with Crippen molar-refractivity contribution < 1.29 is 4.79 Å². The topological polar surface area (TPSA) is 72.7 Å². The molecular formula is C16H14ClN5O. The summed E-state index contributed by atoms with van der Waals surface area (Å²) in [4.78, 5) is 12.0. The first-order chi connectivity index (χ1) is 11.2. The molecule has 7 heteroatoms. The van der Waals surface area contributed by atoms with E-state index in [2.05, 4.69) is 20.8 Å². The summed E-state index contributed by atoms with van der Waals surface area (Å²) in [7, 11) is 0. The molecule has 6 nitrogen and oxygen atoms in total. The Kier molecular flexibility index (Phi) is 4.63. The highest BCUT2D eigenvalue weighted by molar-refractivity contribution is 6.30. The summed E-state index contributed by atoms with van der Waals surface area (Å²) in [5.41, 5.74) is 1.74. The maximum absolute atomic E-state index is 12.0. The number of halogens is 1. The quantitative estimate of drug-likeness (QED) is 0.779. The van der Waals surface area contributed by atoms with Crippen LogP contribution in [0.25, 0.3) is 5.69 Å². The summed E-state index contributed by atoms with van der Waals surface area (Å²) in [6.07, 6.45) is 0.282. The van der Waals surface area contributed by atoms with Crippen LogP contribution in [0.3, 0.4) is 0 Å². The molecule has 0 aliphatic rings. The molecule has 2 aromatic carbocycles. The van der Waals surface area contributed by atoms with Crippen LogP contribution in [-0.4, -0.2) is 26.1 Å². The molecule has 3 rings (SSSR count). The van der Waals surface area contributed by atoms with E-state index in [1.165, 1.54) is 0 Å². The van der Waals surface area contributed by atoms with Crippen LogP contribution in [0.1, 0.15) is 11.4 Å². The third kappa shape index (κ3) is 3.92. The number of carbonyl (C=O) groups is 1. The minimum atomic E-state index is -0.102. The van der Waals surface area contributed by atoms with Crippen LogP contribution in [0, 0.1) is 0 Å².